The van der Waals surface area contributed by atoms with Crippen LogP contribution in [0, 0.1) is 24.6 Å². The molecule has 2 N–H and O–H groups in total. The molecule has 2 atom stereocenters. The fraction of sp³-hybridized carbons (Fsp3) is 0.393. The maximum Gasteiger partial charge on any atom is 0.264 e. The van der Waals surface area contributed by atoms with Gasteiger partial charge < -0.3 is 15.3 Å². The van der Waals surface area contributed by atoms with Gasteiger partial charge in [0.25, 0.3) is 11.8 Å². The van der Waals surface area contributed by atoms with Crippen molar-refractivity contribution in [1.29, 1.82) is 0 Å². The Morgan fingerprint density at radius 1 is 1.24 bits per heavy atom. The topological polar surface area (TPSA) is 82.5 Å². The van der Waals surface area contributed by atoms with Crippen LogP contribution in [0.4, 0.5) is 14.5 Å². The zero-order valence-corrected chi connectivity index (χ0v) is 21.1. The number of benzene rings is 1. The first-order valence-corrected chi connectivity index (χ1v) is 12.9. The molecule has 0 bridgehead atoms. The number of anilines is 1. The van der Waals surface area contributed by atoms with E-state index < -0.39 is 29.1 Å². The Morgan fingerprint density at radius 2 is 2.00 bits per heavy atom. The number of carbonyl (C=O) groups excluding carboxylic acids is 2. The summed E-state index contributed by atoms with van der Waals surface area (Å²) in [5, 5.41) is 15.0. The number of aryl methyl sites for hydroxylation is 1. The molecule has 1 aliphatic heterocycles. The lowest BCUT2D eigenvalue weighted by Crippen LogP contribution is -2.48. The molecular formula is C28H28ClF2N3O3. The van der Waals surface area contributed by atoms with Crippen molar-refractivity contribution in [2.45, 2.75) is 50.7 Å². The SMILES string of the molecule is Cc1ncc(Cl)cc1C(=O)N[C@H]1CC[C@H](CN2C(=O)C(O)(C3CC=CC=C3F)c3cc(F)ccc32)CC1. The van der Waals surface area contributed by atoms with Crippen molar-refractivity contribution in [3.8, 4) is 0 Å². The number of halogens is 3. The summed E-state index contributed by atoms with van der Waals surface area (Å²) in [7, 11) is 0. The fourth-order valence-corrected chi connectivity index (χ4v) is 5.88. The second-order valence-corrected chi connectivity index (χ2v) is 10.5. The number of aliphatic hydroxyl groups is 1. The average molecular weight is 528 g/mol. The highest BCUT2D eigenvalue weighted by molar-refractivity contribution is 6.30. The predicted octanol–water partition coefficient (Wildman–Crippen LogP) is 5.14. The lowest BCUT2D eigenvalue weighted by Gasteiger charge is -2.34. The first-order valence-electron chi connectivity index (χ1n) is 12.5. The van der Waals surface area contributed by atoms with Gasteiger partial charge in [-0.05, 0) is 75.3 Å². The van der Waals surface area contributed by atoms with Crippen LogP contribution in [0.1, 0.15) is 53.7 Å². The smallest absolute Gasteiger partial charge is 0.264 e. The number of fused-ring (bicyclic) bond motifs is 1. The molecule has 2 aromatic rings. The molecule has 37 heavy (non-hydrogen) atoms. The molecule has 5 rings (SSSR count). The molecular weight excluding hydrogens is 500 g/mol. The molecule has 0 spiro atoms. The monoisotopic (exact) mass is 527 g/mol. The van der Waals surface area contributed by atoms with Crippen LogP contribution in [0.15, 0.2) is 54.5 Å². The summed E-state index contributed by atoms with van der Waals surface area (Å²) >= 11 is 6.00. The summed E-state index contributed by atoms with van der Waals surface area (Å²) in [4.78, 5) is 32.0. The van der Waals surface area contributed by atoms with Crippen LogP contribution < -0.4 is 10.2 Å². The molecule has 3 aliphatic rings. The summed E-state index contributed by atoms with van der Waals surface area (Å²) < 4.78 is 28.9. The van der Waals surface area contributed by atoms with Crippen molar-refractivity contribution in [3.05, 3.63) is 82.2 Å². The van der Waals surface area contributed by atoms with Gasteiger partial charge in [0, 0.05) is 24.3 Å². The molecule has 2 aliphatic carbocycles. The van der Waals surface area contributed by atoms with Crippen LogP contribution in [-0.4, -0.2) is 34.5 Å². The zero-order chi connectivity index (χ0) is 26.3. The predicted molar refractivity (Wildman–Crippen MR) is 136 cm³/mol. The molecule has 0 saturated heterocycles. The molecule has 6 nitrogen and oxygen atoms in total. The number of aromatic nitrogens is 1. The van der Waals surface area contributed by atoms with Crippen molar-refractivity contribution in [2.75, 3.05) is 11.4 Å². The van der Waals surface area contributed by atoms with Crippen molar-refractivity contribution in [1.82, 2.24) is 10.3 Å². The number of carbonyl (C=O) groups is 2. The Hall–Kier alpha value is -3.10. The Kier molecular flexibility index (Phi) is 6.89. The van der Waals surface area contributed by atoms with Gasteiger partial charge >= 0.3 is 0 Å². The highest BCUT2D eigenvalue weighted by Gasteiger charge is 2.56. The van der Waals surface area contributed by atoms with Gasteiger partial charge in [0.15, 0.2) is 5.60 Å². The van der Waals surface area contributed by atoms with Gasteiger partial charge in [0.1, 0.15) is 11.6 Å². The molecule has 1 aromatic heterocycles. The minimum atomic E-state index is -2.17. The largest absolute Gasteiger partial charge is 0.375 e. The van der Waals surface area contributed by atoms with Crippen LogP contribution in [0.25, 0.3) is 0 Å². The lowest BCUT2D eigenvalue weighted by molar-refractivity contribution is -0.141. The van der Waals surface area contributed by atoms with Crippen LogP contribution >= 0.6 is 11.6 Å². The van der Waals surface area contributed by atoms with E-state index in [1.165, 1.54) is 29.3 Å². The van der Waals surface area contributed by atoms with Gasteiger partial charge in [-0.3, -0.25) is 14.6 Å². The van der Waals surface area contributed by atoms with E-state index in [0.29, 0.717) is 28.5 Å². The molecule has 0 radical (unpaired) electrons. The van der Waals surface area contributed by atoms with Crippen LogP contribution in [0.2, 0.25) is 5.02 Å². The van der Waals surface area contributed by atoms with E-state index in [9.17, 15) is 23.5 Å². The van der Waals surface area contributed by atoms with E-state index in [-0.39, 0.29) is 29.9 Å². The second-order valence-electron chi connectivity index (χ2n) is 10.1. The van der Waals surface area contributed by atoms with Gasteiger partial charge in [0.05, 0.1) is 27.9 Å². The Labute approximate surface area is 219 Å². The number of rotatable bonds is 5. The number of hydrogen-bond acceptors (Lipinski definition) is 4. The van der Waals surface area contributed by atoms with Crippen molar-refractivity contribution in [3.63, 3.8) is 0 Å². The first kappa shape index (κ1) is 25.5. The summed E-state index contributed by atoms with van der Waals surface area (Å²) in [6, 6.07) is 5.44. The summed E-state index contributed by atoms with van der Waals surface area (Å²) in [5.41, 5.74) is -0.607. The standard InChI is InChI=1S/C28H28ClF2N3O3/c1-16-21(12-18(29)14-32-16)26(35)33-20-9-6-17(7-10-20)15-34-25-11-8-19(30)13-23(25)28(37,27(34)36)22-4-2-3-5-24(22)31/h2-3,5,8,11-14,17,20,22,37H,4,6-7,9-10,15H2,1H3,(H,33,35)/t17-,20-,22?,28?. The Balaban J connectivity index is 1.28. The number of amides is 2. The molecule has 2 amide bonds. The molecule has 194 valence electrons. The van der Waals surface area contributed by atoms with Gasteiger partial charge in [-0.1, -0.05) is 23.8 Å². The summed E-state index contributed by atoms with van der Waals surface area (Å²) in [5.74, 6) is -3.04. The second kappa shape index (κ2) is 9.99. The average Bonchev–Trinajstić information content (AvgIpc) is 3.08. The molecule has 9 heteroatoms. The lowest BCUT2D eigenvalue weighted by atomic mass is 9.78. The van der Waals surface area contributed by atoms with Crippen LogP contribution in [0.5, 0.6) is 0 Å². The Bertz CT molecular complexity index is 1310. The van der Waals surface area contributed by atoms with Crippen molar-refractivity contribution in [2.24, 2.45) is 11.8 Å². The van der Waals surface area contributed by atoms with Crippen molar-refractivity contribution >= 4 is 29.1 Å². The summed E-state index contributed by atoms with van der Waals surface area (Å²) in [6.07, 6.45) is 9.04. The number of allylic oxidation sites excluding steroid dienone is 3. The number of pyridine rings is 1. The third-order valence-electron chi connectivity index (χ3n) is 7.75. The van der Waals surface area contributed by atoms with E-state index >= 15 is 0 Å². The van der Waals surface area contributed by atoms with E-state index in [4.69, 9.17) is 11.6 Å². The van der Waals surface area contributed by atoms with Gasteiger partial charge in [0.2, 0.25) is 0 Å². The maximum atomic E-state index is 14.8. The molecule has 2 heterocycles. The fourth-order valence-electron chi connectivity index (χ4n) is 5.72. The first-order chi connectivity index (χ1) is 17.7. The highest BCUT2D eigenvalue weighted by Crippen LogP contribution is 2.49. The molecule has 1 saturated carbocycles. The van der Waals surface area contributed by atoms with E-state index in [0.717, 1.165) is 31.7 Å². The van der Waals surface area contributed by atoms with Crippen LogP contribution in [0.3, 0.4) is 0 Å². The normalized spacial score (nSPS) is 27.2. The third-order valence-corrected chi connectivity index (χ3v) is 7.96. The number of nitrogens with zero attached hydrogens (tertiary/aromatic N) is 2. The van der Waals surface area contributed by atoms with Gasteiger partial charge in [-0.2, -0.15) is 0 Å². The summed E-state index contributed by atoms with van der Waals surface area (Å²) in [6.45, 7) is 2.08. The zero-order valence-electron chi connectivity index (χ0n) is 20.4. The molecule has 2 unspecified atom stereocenters. The number of nitrogens with one attached hydrogen (secondary N) is 1. The van der Waals surface area contributed by atoms with E-state index in [1.54, 1.807) is 25.1 Å². The quantitative estimate of drug-likeness (QED) is 0.564. The minimum absolute atomic E-state index is 0.0250. The Morgan fingerprint density at radius 3 is 2.73 bits per heavy atom. The van der Waals surface area contributed by atoms with Gasteiger partial charge in [-0.15, -0.1) is 0 Å². The highest BCUT2D eigenvalue weighted by atomic mass is 35.5. The van der Waals surface area contributed by atoms with E-state index in [1.807, 2.05) is 0 Å². The van der Waals surface area contributed by atoms with Crippen LogP contribution in [-0.2, 0) is 10.4 Å². The molecule has 1 fully saturated rings. The van der Waals surface area contributed by atoms with E-state index in [2.05, 4.69) is 10.3 Å². The minimum Gasteiger partial charge on any atom is -0.375 e. The maximum absolute atomic E-state index is 14.8. The number of hydrogen-bond donors (Lipinski definition) is 2. The molecule has 1 aromatic carbocycles. The third kappa shape index (κ3) is 4.68. The van der Waals surface area contributed by atoms with Crippen molar-refractivity contribution < 1.29 is 23.5 Å². The van der Waals surface area contributed by atoms with Gasteiger partial charge in [-0.25, -0.2) is 8.78 Å².